The molecule has 3 heteroatoms. The fourth-order valence-electron chi connectivity index (χ4n) is 0.812. The van der Waals surface area contributed by atoms with Crippen molar-refractivity contribution in [2.24, 2.45) is 0 Å². The number of rotatable bonds is 6. The normalized spacial score (nSPS) is 11.4. The number of esters is 1. The largest absolute Gasteiger partial charge is 0.457 e. The second-order valence-electron chi connectivity index (χ2n) is 2.73. The highest BCUT2D eigenvalue weighted by molar-refractivity contribution is 5.69. The highest BCUT2D eigenvalue weighted by Gasteiger charge is 2.09. The molecule has 1 atom stereocenters. The molecular formula is C10H15NO2. The lowest BCUT2D eigenvalue weighted by molar-refractivity contribution is -0.146. The molecule has 0 fully saturated rings. The van der Waals surface area contributed by atoms with Crippen molar-refractivity contribution in [3.8, 4) is 6.07 Å². The number of hydrogen-bond acceptors (Lipinski definition) is 3. The fourth-order valence-corrected chi connectivity index (χ4v) is 0.812. The zero-order chi connectivity index (χ0) is 10.1. The van der Waals surface area contributed by atoms with Gasteiger partial charge in [-0.25, -0.2) is 0 Å². The smallest absolute Gasteiger partial charge is 0.306 e. The summed E-state index contributed by atoms with van der Waals surface area (Å²) in [5.41, 5.74) is 0. The van der Waals surface area contributed by atoms with Crippen LogP contribution in [0.2, 0.25) is 0 Å². The Bertz CT molecular complexity index is 205. The molecule has 0 aromatic carbocycles. The summed E-state index contributed by atoms with van der Waals surface area (Å²) in [6, 6.07) is 1.93. The molecule has 3 nitrogen and oxygen atoms in total. The van der Waals surface area contributed by atoms with E-state index in [1.165, 1.54) is 6.08 Å². The number of nitrogens with zero attached hydrogens (tertiary/aromatic N) is 1. The zero-order valence-corrected chi connectivity index (χ0v) is 7.95. The Hall–Kier alpha value is -1.30. The molecule has 0 saturated carbocycles. The summed E-state index contributed by atoms with van der Waals surface area (Å²) in [6.07, 6.45) is 3.43. The topological polar surface area (TPSA) is 50.1 Å². The summed E-state index contributed by atoms with van der Waals surface area (Å²) in [6.45, 7) is 5.49. The van der Waals surface area contributed by atoms with Gasteiger partial charge in [0.15, 0.2) is 0 Å². The van der Waals surface area contributed by atoms with Crippen LogP contribution in [0.25, 0.3) is 0 Å². The highest BCUT2D eigenvalue weighted by atomic mass is 16.5. The predicted octanol–water partition coefficient (Wildman–Crippen LogP) is 2.19. The van der Waals surface area contributed by atoms with Gasteiger partial charge in [0, 0.05) is 6.42 Å². The first kappa shape index (κ1) is 11.7. The Morgan fingerprint density at radius 1 is 1.77 bits per heavy atom. The Labute approximate surface area is 79.0 Å². The van der Waals surface area contributed by atoms with Crippen LogP contribution < -0.4 is 0 Å². The molecule has 0 bridgehead atoms. The Morgan fingerprint density at radius 2 is 2.46 bits per heavy atom. The number of unbranched alkanes of at least 4 members (excludes halogenated alkanes) is 1. The molecule has 13 heavy (non-hydrogen) atoms. The van der Waals surface area contributed by atoms with Crippen LogP contribution in [0.15, 0.2) is 12.7 Å². The van der Waals surface area contributed by atoms with Gasteiger partial charge in [-0.2, -0.15) is 5.26 Å². The first-order valence-electron chi connectivity index (χ1n) is 4.43. The van der Waals surface area contributed by atoms with Gasteiger partial charge in [0.05, 0.1) is 12.5 Å². The summed E-state index contributed by atoms with van der Waals surface area (Å²) in [7, 11) is 0. The van der Waals surface area contributed by atoms with Gasteiger partial charge in [-0.05, 0) is 6.42 Å². The summed E-state index contributed by atoms with van der Waals surface area (Å²) >= 11 is 0. The second kappa shape index (κ2) is 7.35. The van der Waals surface area contributed by atoms with Crippen molar-refractivity contribution in [1.82, 2.24) is 0 Å². The third-order valence-corrected chi connectivity index (χ3v) is 1.57. The summed E-state index contributed by atoms with van der Waals surface area (Å²) in [5.74, 6) is -0.248. The molecule has 0 heterocycles. The lowest BCUT2D eigenvalue weighted by atomic mass is 10.2. The number of ether oxygens (including phenoxy) is 1. The van der Waals surface area contributed by atoms with Crippen LogP contribution in [0.3, 0.4) is 0 Å². The SMILES string of the molecule is C=CC(CC#N)OC(=O)CCCC. The van der Waals surface area contributed by atoms with Gasteiger partial charge in [-0.3, -0.25) is 4.79 Å². The van der Waals surface area contributed by atoms with Crippen molar-refractivity contribution in [3.05, 3.63) is 12.7 Å². The van der Waals surface area contributed by atoms with Crippen LogP contribution in [-0.2, 0) is 9.53 Å². The minimum Gasteiger partial charge on any atom is -0.457 e. The third kappa shape index (κ3) is 5.92. The highest BCUT2D eigenvalue weighted by Crippen LogP contribution is 2.03. The molecule has 0 saturated heterocycles. The maximum atomic E-state index is 11.1. The van der Waals surface area contributed by atoms with Gasteiger partial charge in [0.2, 0.25) is 0 Å². The van der Waals surface area contributed by atoms with Crippen LogP contribution in [-0.4, -0.2) is 12.1 Å². The Morgan fingerprint density at radius 3 is 2.92 bits per heavy atom. The van der Waals surface area contributed by atoms with Gasteiger partial charge < -0.3 is 4.74 Å². The van der Waals surface area contributed by atoms with Crippen LogP contribution in [0.4, 0.5) is 0 Å². The van der Waals surface area contributed by atoms with E-state index >= 15 is 0 Å². The van der Waals surface area contributed by atoms with E-state index in [1.54, 1.807) is 0 Å². The van der Waals surface area contributed by atoms with E-state index in [1.807, 2.05) is 13.0 Å². The lowest BCUT2D eigenvalue weighted by Gasteiger charge is -2.09. The van der Waals surface area contributed by atoms with E-state index in [0.29, 0.717) is 6.42 Å². The van der Waals surface area contributed by atoms with Crippen LogP contribution in [0, 0.1) is 11.3 Å². The van der Waals surface area contributed by atoms with Gasteiger partial charge >= 0.3 is 5.97 Å². The molecule has 0 aromatic rings. The minimum absolute atomic E-state index is 0.182. The average molecular weight is 181 g/mol. The second-order valence-corrected chi connectivity index (χ2v) is 2.73. The van der Waals surface area contributed by atoms with Crippen LogP contribution in [0.1, 0.15) is 32.6 Å². The van der Waals surface area contributed by atoms with Gasteiger partial charge in [-0.15, -0.1) is 0 Å². The zero-order valence-electron chi connectivity index (χ0n) is 7.95. The molecule has 0 aliphatic carbocycles. The van der Waals surface area contributed by atoms with E-state index in [9.17, 15) is 4.79 Å². The van der Waals surface area contributed by atoms with E-state index in [0.717, 1.165) is 12.8 Å². The third-order valence-electron chi connectivity index (χ3n) is 1.57. The molecular weight excluding hydrogens is 166 g/mol. The quantitative estimate of drug-likeness (QED) is 0.466. The predicted molar refractivity (Wildman–Crippen MR) is 49.8 cm³/mol. The van der Waals surface area contributed by atoms with Gasteiger partial charge in [0.25, 0.3) is 0 Å². The summed E-state index contributed by atoms with van der Waals surface area (Å²) < 4.78 is 4.96. The van der Waals surface area contributed by atoms with E-state index < -0.39 is 6.10 Å². The van der Waals surface area contributed by atoms with Crippen molar-refractivity contribution in [2.75, 3.05) is 0 Å². The first-order valence-corrected chi connectivity index (χ1v) is 4.43. The fraction of sp³-hybridized carbons (Fsp3) is 0.600. The molecule has 0 aromatic heterocycles. The average Bonchev–Trinajstić information content (AvgIpc) is 2.14. The van der Waals surface area contributed by atoms with E-state index in [2.05, 4.69) is 6.58 Å². The summed E-state index contributed by atoms with van der Waals surface area (Å²) in [4.78, 5) is 11.1. The van der Waals surface area contributed by atoms with Crippen molar-refractivity contribution >= 4 is 5.97 Å². The number of carbonyl (C=O) groups excluding carboxylic acids is 1. The molecule has 1 unspecified atom stereocenters. The molecule has 0 N–H and O–H groups in total. The Kier molecular flexibility index (Phi) is 6.62. The molecule has 0 spiro atoms. The molecule has 72 valence electrons. The maximum absolute atomic E-state index is 11.1. The maximum Gasteiger partial charge on any atom is 0.306 e. The Balaban J connectivity index is 3.74. The molecule has 0 radical (unpaired) electrons. The van der Waals surface area contributed by atoms with Gasteiger partial charge in [0.1, 0.15) is 6.10 Å². The standard InChI is InChI=1S/C10H15NO2/c1-3-5-6-10(12)13-9(4-2)7-8-11/h4,9H,2-3,5-7H2,1H3. The van der Waals surface area contributed by atoms with Crippen LogP contribution >= 0.6 is 0 Å². The molecule has 0 aliphatic rings. The lowest BCUT2D eigenvalue weighted by Crippen LogP contribution is -2.14. The van der Waals surface area contributed by atoms with Crippen molar-refractivity contribution in [1.29, 1.82) is 5.26 Å². The van der Waals surface area contributed by atoms with E-state index in [-0.39, 0.29) is 12.4 Å². The molecule has 0 rings (SSSR count). The van der Waals surface area contributed by atoms with Crippen molar-refractivity contribution in [3.63, 3.8) is 0 Å². The number of carbonyl (C=O) groups is 1. The molecule has 0 amide bonds. The number of hydrogen-bond donors (Lipinski definition) is 0. The molecule has 0 aliphatic heterocycles. The minimum atomic E-state index is -0.450. The summed E-state index contributed by atoms with van der Waals surface area (Å²) in [5, 5.41) is 8.37. The first-order chi connectivity index (χ1) is 6.24. The van der Waals surface area contributed by atoms with E-state index in [4.69, 9.17) is 10.00 Å². The van der Waals surface area contributed by atoms with Crippen molar-refractivity contribution < 1.29 is 9.53 Å². The number of nitriles is 1. The van der Waals surface area contributed by atoms with Crippen LogP contribution in [0.5, 0.6) is 0 Å². The van der Waals surface area contributed by atoms with Crippen molar-refractivity contribution in [2.45, 2.75) is 38.7 Å². The monoisotopic (exact) mass is 181 g/mol. The van der Waals surface area contributed by atoms with Gasteiger partial charge in [-0.1, -0.05) is 26.0 Å².